The molecule has 0 N–H and O–H groups in total. The van der Waals surface area contributed by atoms with E-state index < -0.39 is 0 Å². The van der Waals surface area contributed by atoms with Gasteiger partial charge in [-0.25, -0.2) is 0 Å². The van der Waals surface area contributed by atoms with Crippen molar-refractivity contribution in [2.45, 2.75) is 19.3 Å². The van der Waals surface area contributed by atoms with E-state index in [1.54, 1.807) is 18.2 Å². The average molecular weight is 448 g/mol. The van der Waals surface area contributed by atoms with Gasteiger partial charge in [-0.2, -0.15) is 0 Å². The first-order chi connectivity index (χ1) is 12.5. The molecule has 0 amide bonds. The SMILES string of the molecule is Cc1ccccc1C(CC(=O)c1cc(Cl)ccc1Cl)c1ccc(Br)cc1. The fourth-order valence-corrected chi connectivity index (χ4v) is 3.75. The molecular formula is C22H17BrCl2O. The number of ketones is 1. The normalized spacial score (nSPS) is 12.0. The van der Waals surface area contributed by atoms with Crippen molar-refractivity contribution in [3.05, 3.63) is 104 Å². The Morgan fingerprint density at radius 2 is 1.69 bits per heavy atom. The summed E-state index contributed by atoms with van der Waals surface area (Å²) in [4.78, 5) is 13.0. The van der Waals surface area contributed by atoms with E-state index in [-0.39, 0.29) is 11.7 Å². The van der Waals surface area contributed by atoms with Gasteiger partial charge in [-0.3, -0.25) is 4.79 Å². The molecule has 3 aromatic carbocycles. The van der Waals surface area contributed by atoms with E-state index in [0.717, 1.165) is 21.2 Å². The molecule has 0 aliphatic carbocycles. The monoisotopic (exact) mass is 446 g/mol. The van der Waals surface area contributed by atoms with E-state index in [0.29, 0.717) is 22.0 Å². The lowest BCUT2D eigenvalue weighted by Crippen LogP contribution is -2.11. The van der Waals surface area contributed by atoms with Crippen LogP contribution in [0.2, 0.25) is 10.0 Å². The van der Waals surface area contributed by atoms with Gasteiger partial charge >= 0.3 is 0 Å². The van der Waals surface area contributed by atoms with E-state index in [4.69, 9.17) is 23.2 Å². The zero-order valence-corrected chi connectivity index (χ0v) is 17.3. The molecule has 1 unspecified atom stereocenters. The second-order valence-electron chi connectivity index (χ2n) is 6.21. The molecule has 4 heteroatoms. The van der Waals surface area contributed by atoms with Crippen molar-refractivity contribution in [1.29, 1.82) is 0 Å². The molecule has 0 fully saturated rings. The zero-order valence-electron chi connectivity index (χ0n) is 14.2. The van der Waals surface area contributed by atoms with Crippen molar-refractivity contribution in [1.82, 2.24) is 0 Å². The smallest absolute Gasteiger partial charge is 0.165 e. The third-order valence-corrected chi connectivity index (χ3v) is 5.55. The molecule has 0 aliphatic heterocycles. The van der Waals surface area contributed by atoms with E-state index in [1.165, 1.54) is 0 Å². The van der Waals surface area contributed by atoms with Crippen LogP contribution in [0.5, 0.6) is 0 Å². The van der Waals surface area contributed by atoms with Crippen LogP contribution in [0.3, 0.4) is 0 Å². The summed E-state index contributed by atoms with van der Waals surface area (Å²) in [7, 11) is 0. The van der Waals surface area contributed by atoms with Crippen molar-refractivity contribution in [2.75, 3.05) is 0 Å². The second kappa shape index (κ2) is 8.39. The van der Waals surface area contributed by atoms with Crippen molar-refractivity contribution in [3.63, 3.8) is 0 Å². The third kappa shape index (κ3) is 4.37. The minimum absolute atomic E-state index is 0.0197. The quantitative estimate of drug-likeness (QED) is 0.370. The van der Waals surface area contributed by atoms with E-state index in [1.807, 2.05) is 36.4 Å². The Bertz CT molecular complexity index is 935. The summed E-state index contributed by atoms with van der Waals surface area (Å²) in [5, 5.41) is 0.938. The number of halogens is 3. The molecule has 0 heterocycles. The molecule has 0 saturated carbocycles. The summed E-state index contributed by atoms with van der Waals surface area (Å²) in [6.07, 6.45) is 0.326. The van der Waals surface area contributed by atoms with Crippen molar-refractivity contribution < 1.29 is 4.79 Å². The van der Waals surface area contributed by atoms with E-state index in [2.05, 4.69) is 35.0 Å². The minimum Gasteiger partial charge on any atom is -0.294 e. The maximum absolute atomic E-state index is 13.0. The number of hydrogen-bond acceptors (Lipinski definition) is 1. The highest BCUT2D eigenvalue weighted by molar-refractivity contribution is 9.10. The van der Waals surface area contributed by atoms with Crippen LogP contribution in [0.15, 0.2) is 71.2 Å². The number of Topliss-reactive ketones (excluding diaryl/α,β-unsaturated/α-hetero) is 1. The molecule has 0 aliphatic rings. The van der Waals surface area contributed by atoms with Gasteiger partial charge in [0.25, 0.3) is 0 Å². The summed E-state index contributed by atoms with van der Waals surface area (Å²) in [5.74, 6) is -0.0690. The van der Waals surface area contributed by atoms with E-state index in [9.17, 15) is 4.79 Å². The first-order valence-corrected chi connectivity index (χ1v) is 9.80. The number of rotatable bonds is 5. The molecule has 0 aromatic heterocycles. The van der Waals surface area contributed by atoms with Gasteiger partial charge in [0.05, 0.1) is 5.02 Å². The van der Waals surface area contributed by atoms with Gasteiger partial charge < -0.3 is 0 Å². The highest BCUT2D eigenvalue weighted by atomic mass is 79.9. The predicted molar refractivity (Wildman–Crippen MR) is 113 cm³/mol. The molecule has 1 atom stereocenters. The van der Waals surface area contributed by atoms with Gasteiger partial charge in [0.1, 0.15) is 0 Å². The maximum Gasteiger partial charge on any atom is 0.165 e. The molecular weight excluding hydrogens is 431 g/mol. The van der Waals surface area contributed by atoms with Crippen LogP contribution in [0, 0.1) is 6.92 Å². The Morgan fingerprint density at radius 1 is 1.00 bits per heavy atom. The first kappa shape index (κ1) is 19.2. The van der Waals surface area contributed by atoms with Crippen molar-refractivity contribution in [2.24, 2.45) is 0 Å². The predicted octanol–water partition coefficient (Wildman–Crippen LogP) is 7.47. The zero-order chi connectivity index (χ0) is 18.7. The number of benzene rings is 3. The number of carbonyl (C=O) groups is 1. The molecule has 26 heavy (non-hydrogen) atoms. The largest absolute Gasteiger partial charge is 0.294 e. The summed E-state index contributed by atoms with van der Waals surface area (Å²) in [6, 6.07) is 21.2. The second-order valence-corrected chi connectivity index (χ2v) is 7.97. The number of hydrogen-bond donors (Lipinski definition) is 0. The number of carbonyl (C=O) groups excluding carboxylic acids is 1. The summed E-state index contributed by atoms with van der Waals surface area (Å²) in [6.45, 7) is 2.07. The van der Waals surface area contributed by atoms with Gasteiger partial charge in [0, 0.05) is 27.4 Å². The minimum atomic E-state index is -0.0492. The maximum atomic E-state index is 13.0. The Kier molecular flexibility index (Phi) is 6.18. The standard InChI is InChI=1S/C22H17BrCl2O/c1-14-4-2-3-5-18(14)19(15-6-8-16(23)9-7-15)13-22(26)20-12-17(24)10-11-21(20)25/h2-12,19H,13H2,1H3. The summed E-state index contributed by atoms with van der Waals surface area (Å²) >= 11 is 15.8. The number of aryl methyl sites for hydroxylation is 1. The van der Waals surface area contributed by atoms with Crippen LogP contribution in [0.4, 0.5) is 0 Å². The van der Waals surface area contributed by atoms with Crippen LogP contribution in [0.25, 0.3) is 0 Å². The van der Waals surface area contributed by atoms with Crippen molar-refractivity contribution in [3.8, 4) is 0 Å². The molecule has 3 aromatic rings. The Labute approximate surface area is 172 Å². The molecule has 0 bridgehead atoms. The third-order valence-electron chi connectivity index (χ3n) is 4.45. The molecule has 0 saturated heterocycles. The van der Waals surface area contributed by atoms with Crippen molar-refractivity contribution >= 4 is 44.9 Å². The highest BCUT2D eigenvalue weighted by Crippen LogP contribution is 2.33. The van der Waals surface area contributed by atoms with Crippen LogP contribution in [-0.4, -0.2) is 5.78 Å². The van der Waals surface area contributed by atoms with Crippen LogP contribution in [-0.2, 0) is 0 Å². The van der Waals surface area contributed by atoms with Gasteiger partial charge in [-0.05, 0) is 53.9 Å². The lowest BCUT2D eigenvalue weighted by atomic mass is 9.84. The Balaban J connectivity index is 2.01. The van der Waals surface area contributed by atoms with Gasteiger partial charge in [-0.1, -0.05) is 75.5 Å². The Morgan fingerprint density at radius 3 is 2.38 bits per heavy atom. The molecule has 3 rings (SSSR count). The van der Waals surface area contributed by atoms with Gasteiger partial charge in [0.2, 0.25) is 0 Å². The lowest BCUT2D eigenvalue weighted by Gasteiger charge is -2.20. The van der Waals surface area contributed by atoms with Gasteiger partial charge in [0.15, 0.2) is 5.78 Å². The van der Waals surface area contributed by atoms with E-state index >= 15 is 0 Å². The molecule has 0 spiro atoms. The fraction of sp³-hybridized carbons (Fsp3) is 0.136. The molecule has 0 radical (unpaired) electrons. The summed E-state index contributed by atoms with van der Waals surface area (Å²) in [5.41, 5.74) is 3.86. The Hall–Kier alpha value is -1.61. The fourth-order valence-electron chi connectivity index (χ4n) is 3.09. The first-order valence-electron chi connectivity index (χ1n) is 8.25. The van der Waals surface area contributed by atoms with Crippen LogP contribution < -0.4 is 0 Å². The average Bonchev–Trinajstić information content (AvgIpc) is 2.63. The van der Waals surface area contributed by atoms with Crippen LogP contribution >= 0.6 is 39.1 Å². The molecule has 132 valence electrons. The van der Waals surface area contributed by atoms with Crippen LogP contribution in [0.1, 0.15) is 39.4 Å². The summed E-state index contributed by atoms with van der Waals surface area (Å²) < 4.78 is 1.01. The lowest BCUT2D eigenvalue weighted by molar-refractivity contribution is 0.0977. The highest BCUT2D eigenvalue weighted by Gasteiger charge is 2.22. The molecule has 1 nitrogen and oxygen atoms in total. The van der Waals surface area contributed by atoms with Gasteiger partial charge in [-0.15, -0.1) is 0 Å². The topological polar surface area (TPSA) is 17.1 Å².